The third-order valence-electron chi connectivity index (χ3n) is 4.69. The van der Waals surface area contributed by atoms with Gasteiger partial charge in [-0.1, -0.05) is 56.3 Å². The van der Waals surface area contributed by atoms with Gasteiger partial charge in [0.25, 0.3) is 0 Å². The van der Waals surface area contributed by atoms with Gasteiger partial charge in [0.15, 0.2) is 0 Å². The molecule has 2 aromatic rings. The molecule has 0 aliphatic heterocycles. The summed E-state index contributed by atoms with van der Waals surface area (Å²) in [4.78, 5) is 23.9. The van der Waals surface area contributed by atoms with Crippen LogP contribution in [0.25, 0.3) is 0 Å². The Morgan fingerprint density at radius 2 is 1.69 bits per heavy atom. The van der Waals surface area contributed by atoms with Crippen molar-refractivity contribution < 1.29 is 9.59 Å². The van der Waals surface area contributed by atoms with Gasteiger partial charge in [-0.25, -0.2) is 0 Å². The first-order valence-corrected chi connectivity index (χ1v) is 10.3. The summed E-state index contributed by atoms with van der Waals surface area (Å²) < 4.78 is 0. The minimum atomic E-state index is -0.244. The Kier molecular flexibility index (Phi) is 8.94. The second-order valence-corrected chi connectivity index (χ2v) is 7.97. The molecule has 5 heteroatoms. The van der Waals surface area contributed by atoms with E-state index >= 15 is 0 Å². The molecule has 2 amide bonds. The van der Waals surface area contributed by atoms with E-state index in [1.807, 2.05) is 48.5 Å². The van der Waals surface area contributed by atoms with E-state index in [2.05, 4.69) is 31.1 Å². The summed E-state index contributed by atoms with van der Waals surface area (Å²) in [6.45, 7) is 7.80. The highest BCUT2D eigenvalue weighted by Gasteiger charge is 2.15. The fraction of sp³-hybridized carbons (Fsp3) is 0.333. The van der Waals surface area contributed by atoms with Crippen molar-refractivity contribution in [3.8, 4) is 0 Å². The standard InChI is InChI=1S/C24H29ClN2O2/c1-4-23(28)26-21-13-6-18(7-14-21)8-16-24(29)27-22(15-5-17(2)3)19-9-11-20(25)12-10-19/h4,6-7,9-14,17,22H,1,5,8,15-16H2,2-3H3,(H,26,28)(H,27,29). The number of hydrogen-bond acceptors (Lipinski definition) is 2. The van der Waals surface area contributed by atoms with E-state index in [0.717, 1.165) is 24.0 Å². The Balaban J connectivity index is 1.92. The van der Waals surface area contributed by atoms with Crippen molar-refractivity contribution in [3.05, 3.63) is 77.3 Å². The van der Waals surface area contributed by atoms with Crippen LogP contribution in [0.5, 0.6) is 0 Å². The summed E-state index contributed by atoms with van der Waals surface area (Å²) >= 11 is 6.00. The lowest BCUT2D eigenvalue weighted by Gasteiger charge is -2.20. The van der Waals surface area contributed by atoms with Crippen LogP contribution in [0.15, 0.2) is 61.2 Å². The minimum Gasteiger partial charge on any atom is -0.349 e. The fourth-order valence-corrected chi connectivity index (χ4v) is 3.12. The van der Waals surface area contributed by atoms with Gasteiger partial charge in [-0.05, 0) is 66.6 Å². The van der Waals surface area contributed by atoms with Crippen molar-refractivity contribution in [3.63, 3.8) is 0 Å². The van der Waals surface area contributed by atoms with Gasteiger partial charge in [-0.2, -0.15) is 0 Å². The number of aryl methyl sites for hydroxylation is 1. The number of nitrogens with one attached hydrogen (secondary N) is 2. The molecule has 0 radical (unpaired) electrons. The molecule has 2 N–H and O–H groups in total. The van der Waals surface area contributed by atoms with Crippen LogP contribution >= 0.6 is 11.6 Å². The molecule has 0 fully saturated rings. The molecule has 2 rings (SSSR count). The average molecular weight is 413 g/mol. The number of carbonyl (C=O) groups is 2. The summed E-state index contributed by atoms with van der Waals surface area (Å²) in [6, 6.07) is 15.1. The second kappa shape index (κ2) is 11.4. The average Bonchev–Trinajstić information content (AvgIpc) is 2.71. The minimum absolute atomic E-state index is 0.0151. The third-order valence-corrected chi connectivity index (χ3v) is 4.94. The van der Waals surface area contributed by atoms with Crippen molar-refractivity contribution in [2.45, 2.75) is 45.6 Å². The highest BCUT2D eigenvalue weighted by Crippen LogP contribution is 2.23. The predicted molar refractivity (Wildman–Crippen MR) is 120 cm³/mol. The Labute approximate surface area is 178 Å². The monoisotopic (exact) mass is 412 g/mol. The molecule has 0 aliphatic carbocycles. The molecule has 154 valence electrons. The molecule has 1 unspecified atom stereocenters. The predicted octanol–water partition coefficient (Wildman–Crippen LogP) is 5.69. The molecule has 4 nitrogen and oxygen atoms in total. The van der Waals surface area contributed by atoms with Crippen LogP contribution in [0, 0.1) is 5.92 Å². The van der Waals surface area contributed by atoms with Gasteiger partial charge in [-0.3, -0.25) is 9.59 Å². The van der Waals surface area contributed by atoms with Crippen molar-refractivity contribution in [1.82, 2.24) is 5.32 Å². The number of benzene rings is 2. The molecule has 0 bridgehead atoms. The molecule has 0 saturated carbocycles. The molecule has 0 aromatic heterocycles. The largest absolute Gasteiger partial charge is 0.349 e. The van der Waals surface area contributed by atoms with Crippen molar-refractivity contribution in [2.24, 2.45) is 5.92 Å². The summed E-state index contributed by atoms with van der Waals surface area (Å²) in [6.07, 6.45) is 4.20. The SMILES string of the molecule is C=CC(=O)Nc1ccc(CCC(=O)NC(CCC(C)C)c2ccc(Cl)cc2)cc1. The van der Waals surface area contributed by atoms with E-state index in [0.29, 0.717) is 29.5 Å². The molecule has 29 heavy (non-hydrogen) atoms. The maximum absolute atomic E-state index is 12.6. The first-order valence-electron chi connectivity index (χ1n) is 9.94. The van der Waals surface area contributed by atoms with Crippen molar-refractivity contribution in [1.29, 1.82) is 0 Å². The molecule has 0 saturated heterocycles. The third kappa shape index (κ3) is 8.12. The van der Waals surface area contributed by atoms with Gasteiger partial charge in [-0.15, -0.1) is 0 Å². The van der Waals surface area contributed by atoms with Gasteiger partial charge in [0.2, 0.25) is 11.8 Å². The highest BCUT2D eigenvalue weighted by molar-refractivity contribution is 6.30. The van der Waals surface area contributed by atoms with Crippen LogP contribution in [0.3, 0.4) is 0 Å². The Morgan fingerprint density at radius 1 is 1.03 bits per heavy atom. The van der Waals surface area contributed by atoms with Crippen LogP contribution in [-0.2, 0) is 16.0 Å². The lowest BCUT2D eigenvalue weighted by atomic mass is 9.97. The Morgan fingerprint density at radius 3 is 2.28 bits per heavy atom. The number of hydrogen-bond donors (Lipinski definition) is 2. The highest BCUT2D eigenvalue weighted by atomic mass is 35.5. The van der Waals surface area contributed by atoms with Crippen LogP contribution in [-0.4, -0.2) is 11.8 Å². The van der Waals surface area contributed by atoms with Crippen LogP contribution in [0.1, 0.15) is 50.3 Å². The molecule has 1 atom stereocenters. The number of anilines is 1. The normalized spacial score (nSPS) is 11.7. The Hall–Kier alpha value is -2.59. The molecule has 0 spiro atoms. The zero-order valence-corrected chi connectivity index (χ0v) is 17.8. The summed E-state index contributed by atoms with van der Waals surface area (Å²) in [5.41, 5.74) is 2.83. The topological polar surface area (TPSA) is 58.2 Å². The maximum Gasteiger partial charge on any atom is 0.247 e. The van der Waals surface area contributed by atoms with Gasteiger partial charge >= 0.3 is 0 Å². The molecule has 2 aromatic carbocycles. The van der Waals surface area contributed by atoms with Crippen molar-refractivity contribution in [2.75, 3.05) is 5.32 Å². The molecule has 0 aliphatic rings. The summed E-state index contributed by atoms with van der Waals surface area (Å²) in [7, 11) is 0. The number of rotatable bonds is 10. The molecular formula is C24H29ClN2O2. The lowest BCUT2D eigenvalue weighted by Crippen LogP contribution is -2.29. The van der Waals surface area contributed by atoms with E-state index in [4.69, 9.17) is 11.6 Å². The van der Waals surface area contributed by atoms with Gasteiger partial charge in [0.05, 0.1) is 6.04 Å². The Bertz CT molecular complexity index is 814. The summed E-state index contributed by atoms with van der Waals surface area (Å²) in [5, 5.41) is 6.57. The van der Waals surface area contributed by atoms with Gasteiger partial charge in [0, 0.05) is 17.1 Å². The van der Waals surface area contributed by atoms with E-state index < -0.39 is 0 Å². The van der Waals surface area contributed by atoms with Crippen LogP contribution in [0.2, 0.25) is 5.02 Å². The smallest absolute Gasteiger partial charge is 0.247 e. The second-order valence-electron chi connectivity index (χ2n) is 7.53. The van der Waals surface area contributed by atoms with Crippen LogP contribution < -0.4 is 10.6 Å². The van der Waals surface area contributed by atoms with Gasteiger partial charge in [0.1, 0.15) is 0 Å². The van der Waals surface area contributed by atoms with E-state index in [9.17, 15) is 9.59 Å². The number of carbonyl (C=O) groups excluding carboxylic acids is 2. The number of amides is 2. The maximum atomic E-state index is 12.6. The molecule has 0 heterocycles. The van der Waals surface area contributed by atoms with Crippen molar-refractivity contribution >= 4 is 29.1 Å². The molecular weight excluding hydrogens is 384 g/mol. The zero-order valence-electron chi connectivity index (χ0n) is 17.1. The first kappa shape index (κ1) is 22.7. The number of halogens is 1. The van der Waals surface area contributed by atoms with Crippen LogP contribution in [0.4, 0.5) is 5.69 Å². The van der Waals surface area contributed by atoms with E-state index in [1.165, 1.54) is 6.08 Å². The first-order chi connectivity index (χ1) is 13.9. The zero-order chi connectivity index (χ0) is 21.2. The summed E-state index contributed by atoms with van der Waals surface area (Å²) in [5.74, 6) is 0.353. The fourth-order valence-electron chi connectivity index (χ4n) is 2.99. The van der Waals surface area contributed by atoms with E-state index in [1.54, 1.807) is 0 Å². The van der Waals surface area contributed by atoms with Gasteiger partial charge < -0.3 is 10.6 Å². The lowest BCUT2D eigenvalue weighted by molar-refractivity contribution is -0.122. The van der Waals surface area contributed by atoms with E-state index in [-0.39, 0.29) is 17.9 Å². The quantitative estimate of drug-likeness (QED) is 0.492.